The number of ether oxygens (including phenoxy) is 1. The summed E-state index contributed by atoms with van der Waals surface area (Å²) in [4.78, 5) is 0. The maximum Gasteiger partial charge on any atom is 0.0906 e. The van der Waals surface area contributed by atoms with Crippen molar-refractivity contribution in [2.45, 2.75) is 37.2 Å². The lowest BCUT2D eigenvalue weighted by atomic mass is 9.76. The maximum atomic E-state index is 5.55. The molecule has 0 N–H and O–H groups in total. The SMILES string of the molecule is c1ccc(C2(C3CO3)CCCC2)cc1. The van der Waals surface area contributed by atoms with Gasteiger partial charge in [-0.1, -0.05) is 43.2 Å². The quantitative estimate of drug-likeness (QED) is 0.650. The lowest BCUT2D eigenvalue weighted by molar-refractivity contribution is 0.287. The van der Waals surface area contributed by atoms with Crippen molar-refractivity contribution in [3.8, 4) is 0 Å². The zero-order chi connectivity index (χ0) is 9.43. The fourth-order valence-corrected chi connectivity index (χ4v) is 2.94. The van der Waals surface area contributed by atoms with Gasteiger partial charge in [0.05, 0.1) is 12.7 Å². The second kappa shape index (κ2) is 3.09. The zero-order valence-electron chi connectivity index (χ0n) is 8.41. The molecule has 0 bridgehead atoms. The van der Waals surface area contributed by atoms with Crippen molar-refractivity contribution in [3.05, 3.63) is 35.9 Å². The molecule has 2 aliphatic rings. The molecule has 74 valence electrons. The molecular weight excluding hydrogens is 172 g/mol. The highest BCUT2D eigenvalue weighted by Gasteiger charge is 2.49. The Balaban J connectivity index is 1.99. The van der Waals surface area contributed by atoms with E-state index in [1.807, 2.05) is 0 Å². The molecule has 2 fully saturated rings. The van der Waals surface area contributed by atoms with Gasteiger partial charge in [0.2, 0.25) is 0 Å². The normalized spacial score (nSPS) is 29.0. The number of epoxide rings is 1. The molecule has 1 saturated carbocycles. The average Bonchev–Trinajstić information content (AvgIpc) is 2.99. The molecule has 1 aliphatic carbocycles. The van der Waals surface area contributed by atoms with E-state index in [4.69, 9.17) is 4.74 Å². The average molecular weight is 188 g/mol. The van der Waals surface area contributed by atoms with Crippen LogP contribution in [0.15, 0.2) is 30.3 Å². The number of rotatable bonds is 2. The van der Waals surface area contributed by atoms with Crippen molar-refractivity contribution in [2.75, 3.05) is 6.61 Å². The zero-order valence-corrected chi connectivity index (χ0v) is 8.41. The van der Waals surface area contributed by atoms with Crippen LogP contribution in [0.1, 0.15) is 31.2 Å². The van der Waals surface area contributed by atoms with Crippen LogP contribution < -0.4 is 0 Å². The Hall–Kier alpha value is -0.820. The summed E-state index contributed by atoms with van der Waals surface area (Å²) in [6.07, 6.45) is 5.90. The third-order valence-corrected chi connectivity index (χ3v) is 3.79. The Kier molecular flexibility index (Phi) is 1.88. The molecule has 3 rings (SSSR count). The van der Waals surface area contributed by atoms with Crippen molar-refractivity contribution in [3.63, 3.8) is 0 Å². The van der Waals surface area contributed by atoms with Gasteiger partial charge in [0, 0.05) is 5.41 Å². The van der Waals surface area contributed by atoms with E-state index in [1.54, 1.807) is 0 Å². The van der Waals surface area contributed by atoms with Gasteiger partial charge in [-0.15, -0.1) is 0 Å². The van der Waals surface area contributed by atoms with E-state index in [2.05, 4.69) is 30.3 Å². The lowest BCUT2D eigenvalue weighted by Crippen LogP contribution is -2.28. The van der Waals surface area contributed by atoms with Gasteiger partial charge in [0.1, 0.15) is 0 Å². The molecule has 1 nitrogen and oxygen atoms in total. The van der Waals surface area contributed by atoms with Crippen LogP contribution in [0.3, 0.4) is 0 Å². The van der Waals surface area contributed by atoms with E-state index < -0.39 is 0 Å². The molecule has 1 atom stereocenters. The Labute approximate surface area is 85.1 Å². The molecule has 0 spiro atoms. The van der Waals surface area contributed by atoms with E-state index in [-0.39, 0.29) is 0 Å². The van der Waals surface area contributed by atoms with Gasteiger partial charge in [-0.05, 0) is 18.4 Å². The molecule has 0 amide bonds. The predicted molar refractivity (Wildman–Crippen MR) is 56.3 cm³/mol. The molecule has 0 radical (unpaired) electrons. The number of benzene rings is 1. The molecule has 1 aromatic carbocycles. The minimum atomic E-state index is 0.376. The first kappa shape index (κ1) is 8.49. The second-order valence-electron chi connectivity index (χ2n) is 4.55. The van der Waals surface area contributed by atoms with E-state index in [1.165, 1.54) is 31.2 Å². The fourth-order valence-electron chi connectivity index (χ4n) is 2.94. The summed E-state index contributed by atoms with van der Waals surface area (Å²) in [5.74, 6) is 0. The minimum absolute atomic E-state index is 0.376. The molecule has 14 heavy (non-hydrogen) atoms. The van der Waals surface area contributed by atoms with Crippen molar-refractivity contribution in [1.29, 1.82) is 0 Å². The van der Waals surface area contributed by atoms with Gasteiger partial charge in [0.25, 0.3) is 0 Å². The van der Waals surface area contributed by atoms with Crippen LogP contribution in [0.5, 0.6) is 0 Å². The van der Waals surface area contributed by atoms with Crippen LogP contribution >= 0.6 is 0 Å². The largest absolute Gasteiger partial charge is 0.372 e. The van der Waals surface area contributed by atoms with E-state index in [9.17, 15) is 0 Å². The Morgan fingerprint density at radius 2 is 1.71 bits per heavy atom. The minimum Gasteiger partial charge on any atom is -0.372 e. The molecule has 1 heterocycles. The first-order valence-electron chi connectivity index (χ1n) is 5.59. The van der Waals surface area contributed by atoms with Crippen LogP contribution in [0.25, 0.3) is 0 Å². The number of hydrogen-bond acceptors (Lipinski definition) is 1. The highest BCUT2D eigenvalue weighted by atomic mass is 16.6. The topological polar surface area (TPSA) is 12.5 Å². The van der Waals surface area contributed by atoms with Crippen LogP contribution in [0, 0.1) is 0 Å². The van der Waals surface area contributed by atoms with E-state index in [0.29, 0.717) is 11.5 Å². The second-order valence-corrected chi connectivity index (χ2v) is 4.55. The van der Waals surface area contributed by atoms with Crippen LogP contribution in [0.4, 0.5) is 0 Å². The van der Waals surface area contributed by atoms with Gasteiger partial charge in [0.15, 0.2) is 0 Å². The Morgan fingerprint density at radius 3 is 2.29 bits per heavy atom. The molecule has 1 aliphatic heterocycles. The summed E-state index contributed by atoms with van der Waals surface area (Å²) >= 11 is 0. The number of hydrogen-bond donors (Lipinski definition) is 0. The monoisotopic (exact) mass is 188 g/mol. The summed E-state index contributed by atoms with van der Waals surface area (Å²) in [5, 5.41) is 0. The van der Waals surface area contributed by atoms with Crippen LogP contribution in [0.2, 0.25) is 0 Å². The van der Waals surface area contributed by atoms with Crippen molar-refractivity contribution in [2.24, 2.45) is 0 Å². The molecule has 1 aromatic rings. The Bertz CT molecular complexity index is 307. The van der Waals surface area contributed by atoms with Gasteiger partial charge in [-0.3, -0.25) is 0 Å². The third-order valence-electron chi connectivity index (χ3n) is 3.79. The fraction of sp³-hybridized carbons (Fsp3) is 0.538. The first-order chi connectivity index (χ1) is 6.92. The highest BCUT2D eigenvalue weighted by Crippen LogP contribution is 2.48. The highest BCUT2D eigenvalue weighted by molar-refractivity contribution is 5.30. The standard InChI is InChI=1S/C13H16O/c1-2-6-11(7-3-1)13(12-10-14-12)8-4-5-9-13/h1-3,6-7,12H,4-5,8-10H2. The summed E-state index contributed by atoms with van der Waals surface area (Å²) in [6, 6.07) is 10.9. The van der Waals surface area contributed by atoms with Gasteiger partial charge in [-0.2, -0.15) is 0 Å². The maximum absolute atomic E-state index is 5.55. The summed E-state index contributed by atoms with van der Waals surface area (Å²) in [7, 11) is 0. The Morgan fingerprint density at radius 1 is 1.07 bits per heavy atom. The third kappa shape index (κ3) is 1.19. The smallest absolute Gasteiger partial charge is 0.0906 e. The molecular formula is C13H16O. The summed E-state index contributed by atoms with van der Waals surface area (Å²) in [6.45, 7) is 0.981. The van der Waals surface area contributed by atoms with Gasteiger partial charge in [-0.25, -0.2) is 0 Å². The van der Waals surface area contributed by atoms with Crippen LogP contribution in [-0.4, -0.2) is 12.7 Å². The summed E-state index contributed by atoms with van der Waals surface area (Å²) in [5.41, 5.74) is 1.88. The van der Waals surface area contributed by atoms with Gasteiger partial charge < -0.3 is 4.74 Å². The van der Waals surface area contributed by atoms with E-state index in [0.717, 1.165) is 6.61 Å². The van der Waals surface area contributed by atoms with Gasteiger partial charge >= 0.3 is 0 Å². The molecule has 1 unspecified atom stereocenters. The van der Waals surface area contributed by atoms with Crippen molar-refractivity contribution in [1.82, 2.24) is 0 Å². The van der Waals surface area contributed by atoms with E-state index >= 15 is 0 Å². The van der Waals surface area contributed by atoms with Crippen molar-refractivity contribution < 1.29 is 4.74 Å². The summed E-state index contributed by atoms with van der Waals surface area (Å²) < 4.78 is 5.55. The molecule has 0 aromatic heterocycles. The predicted octanol–water partition coefficient (Wildman–Crippen LogP) is 2.90. The molecule has 1 heteroatoms. The molecule has 1 saturated heterocycles. The first-order valence-corrected chi connectivity index (χ1v) is 5.59. The van der Waals surface area contributed by atoms with Crippen LogP contribution in [-0.2, 0) is 10.2 Å². The lowest BCUT2D eigenvalue weighted by Gasteiger charge is -2.27. The van der Waals surface area contributed by atoms with Crippen molar-refractivity contribution >= 4 is 0 Å².